The SMILES string of the molecule is COc1ccccc1C(=O)[C@@H]1[C@@H]2CCCN2[C@]2(C(=O)Nc3c2ccc(Cl)c3C)[C@@]12C(=O)Nc1ccccc12. The number of hydrogen-bond donors (Lipinski definition) is 2. The van der Waals surface area contributed by atoms with E-state index in [2.05, 4.69) is 15.5 Å². The maximum absolute atomic E-state index is 14.7. The number of amides is 2. The second-order valence-corrected chi connectivity index (χ2v) is 10.9. The van der Waals surface area contributed by atoms with Gasteiger partial charge in [-0.2, -0.15) is 0 Å². The number of anilines is 2. The maximum atomic E-state index is 14.7. The van der Waals surface area contributed by atoms with Crippen LogP contribution in [0.1, 0.15) is 39.9 Å². The summed E-state index contributed by atoms with van der Waals surface area (Å²) in [6.07, 6.45) is 1.51. The first-order valence-corrected chi connectivity index (χ1v) is 13.2. The largest absolute Gasteiger partial charge is 0.496 e. The van der Waals surface area contributed by atoms with Crippen molar-refractivity contribution in [2.75, 3.05) is 24.3 Å². The first-order valence-electron chi connectivity index (χ1n) is 12.8. The number of ketones is 1. The standard InChI is InChI=1S/C30H26ClN3O4/c1-16-20(31)14-13-19-25(16)33-28(37)30(19)29(18-9-4-5-10-21(18)32-27(29)36)24(22-11-7-15-34(22)30)26(35)17-8-3-6-12-23(17)38-2/h3-6,8-10,12-14,22,24H,7,11,15H2,1-2H3,(H,32,36)(H,33,37)/t22-,24-,29+,30+/m0/s1. The number of carbonyl (C=O) groups is 3. The smallest absolute Gasteiger partial charge is 0.251 e. The molecule has 4 aliphatic heterocycles. The van der Waals surface area contributed by atoms with Crippen LogP contribution in [0.25, 0.3) is 0 Å². The number of rotatable bonds is 3. The van der Waals surface area contributed by atoms with Crippen molar-refractivity contribution in [3.63, 3.8) is 0 Å². The molecule has 7 nitrogen and oxygen atoms in total. The Morgan fingerprint density at radius 2 is 1.76 bits per heavy atom. The number of halogens is 1. The fourth-order valence-corrected chi connectivity index (χ4v) is 7.94. The first-order chi connectivity index (χ1) is 18.4. The molecule has 2 N–H and O–H groups in total. The van der Waals surface area contributed by atoms with Gasteiger partial charge in [-0.25, -0.2) is 0 Å². The van der Waals surface area contributed by atoms with Crippen molar-refractivity contribution in [1.82, 2.24) is 4.90 Å². The molecular formula is C30H26ClN3O4. The van der Waals surface area contributed by atoms with Gasteiger partial charge in [0.25, 0.3) is 5.91 Å². The number of benzene rings is 3. The number of nitrogens with one attached hydrogen (secondary N) is 2. The van der Waals surface area contributed by atoms with E-state index in [9.17, 15) is 14.4 Å². The average Bonchev–Trinajstić information content (AvgIpc) is 3.65. The molecule has 8 heteroatoms. The molecule has 4 heterocycles. The third kappa shape index (κ3) is 2.51. The normalized spacial score (nSPS) is 28.8. The van der Waals surface area contributed by atoms with Crippen LogP contribution in [0.15, 0.2) is 60.7 Å². The minimum absolute atomic E-state index is 0.199. The Labute approximate surface area is 225 Å². The predicted octanol–water partition coefficient (Wildman–Crippen LogP) is 4.67. The van der Waals surface area contributed by atoms with Crippen LogP contribution in [0, 0.1) is 12.8 Å². The average molecular weight is 528 g/mol. The van der Waals surface area contributed by atoms with E-state index in [1.165, 1.54) is 7.11 Å². The molecule has 2 fully saturated rings. The van der Waals surface area contributed by atoms with E-state index in [-0.39, 0.29) is 23.6 Å². The fourth-order valence-electron chi connectivity index (χ4n) is 7.78. The number of Topliss-reactive ketones (excluding diaryl/α,β-unsaturated/α-hetero) is 1. The molecule has 0 radical (unpaired) electrons. The van der Waals surface area contributed by atoms with Crippen molar-refractivity contribution in [3.8, 4) is 5.75 Å². The molecule has 0 aliphatic carbocycles. The van der Waals surface area contributed by atoms with Crippen molar-refractivity contribution in [3.05, 3.63) is 87.9 Å². The van der Waals surface area contributed by atoms with Crippen LogP contribution >= 0.6 is 11.6 Å². The third-order valence-corrected chi connectivity index (χ3v) is 9.53. The lowest BCUT2D eigenvalue weighted by Gasteiger charge is -2.43. The molecule has 7 rings (SSSR count). The highest BCUT2D eigenvalue weighted by Gasteiger charge is 2.81. The zero-order chi connectivity index (χ0) is 26.4. The van der Waals surface area contributed by atoms with E-state index in [1.807, 2.05) is 43.3 Å². The van der Waals surface area contributed by atoms with Gasteiger partial charge in [-0.05, 0) is 61.7 Å². The van der Waals surface area contributed by atoms with Crippen LogP contribution in [-0.4, -0.2) is 42.2 Å². The van der Waals surface area contributed by atoms with Crippen LogP contribution in [0.5, 0.6) is 5.75 Å². The summed E-state index contributed by atoms with van der Waals surface area (Å²) >= 11 is 6.49. The van der Waals surface area contributed by atoms with Gasteiger partial charge in [0.1, 0.15) is 16.7 Å². The summed E-state index contributed by atoms with van der Waals surface area (Å²) in [6, 6.07) is 17.9. The summed E-state index contributed by atoms with van der Waals surface area (Å²) in [5, 5.41) is 6.68. The highest BCUT2D eigenvalue weighted by molar-refractivity contribution is 6.32. The number of para-hydroxylation sites is 2. The molecule has 38 heavy (non-hydrogen) atoms. The van der Waals surface area contributed by atoms with E-state index in [1.54, 1.807) is 24.3 Å². The van der Waals surface area contributed by atoms with E-state index in [4.69, 9.17) is 16.3 Å². The monoisotopic (exact) mass is 527 g/mol. The Bertz CT molecular complexity index is 1570. The molecule has 192 valence electrons. The van der Waals surface area contributed by atoms with Gasteiger partial charge in [-0.15, -0.1) is 0 Å². The Kier molecular flexibility index (Phi) is 4.88. The van der Waals surface area contributed by atoms with Crippen molar-refractivity contribution in [2.45, 2.75) is 36.8 Å². The summed E-state index contributed by atoms with van der Waals surface area (Å²) in [6.45, 7) is 2.45. The van der Waals surface area contributed by atoms with Gasteiger partial charge in [0.15, 0.2) is 5.78 Å². The molecule has 0 saturated carbocycles. The van der Waals surface area contributed by atoms with Crippen LogP contribution < -0.4 is 15.4 Å². The van der Waals surface area contributed by atoms with Crippen molar-refractivity contribution in [2.24, 2.45) is 5.92 Å². The number of hydrogen-bond acceptors (Lipinski definition) is 5. The Morgan fingerprint density at radius 3 is 2.58 bits per heavy atom. The minimum Gasteiger partial charge on any atom is -0.496 e. The van der Waals surface area contributed by atoms with E-state index in [0.717, 1.165) is 12.0 Å². The van der Waals surface area contributed by atoms with E-state index in [0.29, 0.717) is 51.8 Å². The summed E-state index contributed by atoms with van der Waals surface area (Å²) < 4.78 is 5.58. The van der Waals surface area contributed by atoms with Crippen molar-refractivity contribution < 1.29 is 19.1 Å². The molecule has 0 unspecified atom stereocenters. The van der Waals surface area contributed by atoms with Gasteiger partial charge < -0.3 is 15.4 Å². The van der Waals surface area contributed by atoms with E-state index >= 15 is 0 Å². The molecule has 0 aromatic heterocycles. The number of fused-ring (bicyclic) bond motifs is 7. The number of methoxy groups -OCH3 is 1. The Balaban J connectivity index is 1.60. The lowest BCUT2D eigenvalue weighted by molar-refractivity contribution is -0.137. The van der Waals surface area contributed by atoms with Crippen LogP contribution in [-0.2, 0) is 20.5 Å². The molecular weight excluding hydrogens is 502 g/mol. The predicted molar refractivity (Wildman–Crippen MR) is 144 cm³/mol. The van der Waals surface area contributed by atoms with Gasteiger partial charge in [0.05, 0.1) is 24.3 Å². The zero-order valence-electron chi connectivity index (χ0n) is 21.0. The van der Waals surface area contributed by atoms with Gasteiger partial charge in [0, 0.05) is 22.3 Å². The molecule has 4 aliphatic rings. The van der Waals surface area contributed by atoms with Crippen LogP contribution in [0.2, 0.25) is 5.02 Å². The summed E-state index contributed by atoms with van der Waals surface area (Å²) in [7, 11) is 1.53. The van der Waals surface area contributed by atoms with Gasteiger partial charge in [-0.1, -0.05) is 48.0 Å². The van der Waals surface area contributed by atoms with E-state index < -0.39 is 16.9 Å². The molecule has 3 aromatic carbocycles. The molecule has 2 spiro atoms. The van der Waals surface area contributed by atoms with Gasteiger partial charge in [0.2, 0.25) is 5.91 Å². The molecule has 3 aromatic rings. The number of ether oxygens (including phenoxy) is 1. The molecule has 0 bridgehead atoms. The lowest BCUT2D eigenvalue weighted by Crippen LogP contribution is -2.62. The number of carbonyl (C=O) groups excluding carboxylic acids is 3. The maximum Gasteiger partial charge on any atom is 0.251 e. The second-order valence-electron chi connectivity index (χ2n) is 10.5. The van der Waals surface area contributed by atoms with Crippen LogP contribution in [0.4, 0.5) is 11.4 Å². The minimum atomic E-state index is -1.50. The lowest BCUT2D eigenvalue weighted by atomic mass is 9.57. The molecule has 2 saturated heterocycles. The van der Waals surface area contributed by atoms with Gasteiger partial charge in [-0.3, -0.25) is 19.3 Å². The topological polar surface area (TPSA) is 87.7 Å². The third-order valence-electron chi connectivity index (χ3n) is 9.12. The fraction of sp³-hybridized carbons (Fsp3) is 0.300. The Morgan fingerprint density at radius 1 is 1.00 bits per heavy atom. The zero-order valence-corrected chi connectivity index (χ0v) is 21.8. The van der Waals surface area contributed by atoms with Crippen molar-refractivity contribution in [1.29, 1.82) is 0 Å². The van der Waals surface area contributed by atoms with Crippen molar-refractivity contribution >= 4 is 40.6 Å². The van der Waals surface area contributed by atoms with Crippen LogP contribution in [0.3, 0.4) is 0 Å². The first kappa shape index (κ1) is 23.4. The molecule has 2 amide bonds. The van der Waals surface area contributed by atoms with Gasteiger partial charge >= 0.3 is 0 Å². The summed E-state index contributed by atoms with van der Waals surface area (Å²) in [4.78, 5) is 45.9. The Hall–Kier alpha value is -3.68. The quantitative estimate of drug-likeness (QED) is 0.483. The molecule has 4 atom stereocenters. The number of nitrogens with zero attached hydrogens (tertiary/aromatic N) is 1. The highest BCUT2D eigenvalue weighted by atomic mass is 35.5. The second kappa shape index (κ2) is 7.91. The summed E-state index contributed by atoms with van der Waals surface area (Å²) in [5.74, 6) is -1.21. The highest BCUT2D eigenvalue weighted by Crippen LogP contribution is 2.68. The summed E-state index contributed by atoms with van der Waals surface area (Å²) in [5.41, 5.74) is 0.845.